The molecule has 0 saturated heterocycles. The fourth-order valence-corrected chi connectivity index (χ4v) is 1.47. The van der Waals surface area contributed by atoms with Crippen molar-refractivity contribution in [1.82, 2.24) is 9.55 Å². The minimum absolute atomic E-state index is 0.904. The van der Waals surface area contributed by atoms with Crippen molar-refractivity contribution in [1.29, 1.82) is 0 Å². The number of benzene rings is 1. The first kappa shape index (κ1) is 9.77. The van der Waals surface area contributed by atoms with E-state index in [2.05, 4.69) is 21.7 Å². The first-order valence-corrected chi connectivity index (χ1v) is 4.97. The highest BCUT2D eigenvalue weighted by Gasteiger charge is 1.95. The molecule has 1 aromatic heterocycles. The molecule has 2 rings (SSSR count). The highest BCUT2D eigenvalue weighted by atomic mass is 16.5. The molecule has 0 radical (unpaired) electrons. The Balaban J connectivity index is 1.93. The third-order valence-corrected chi connectivity index (χ3v) is 2.38. The molecule has 15 heavy (non-hydrogen) atoms. The van der Waals surface area contributed by atoms with Crippen molar-refractivity contribution in [2.24, 2.45) is 0 Å². The fraction of sp³-hybridized carbons (Fsp3) is 0.250. The van der Waals surface area contributed by atoms with Crippen molar-refractivity contribution >= 4 is 0 Å². The first-order valence-electron chi connectivity index (χ1n) is 4.97. The molecule has 0 bridgehead atoms. The predicted octanol–water partition coefficient (Wildman–Crippen LogP) is 2.13. The van der Waals surface area contributed by atoms with Crippen LogP contribution in [-0.4, -0.2) is 16.7 Å². The van der Waals surface area contributed by atoms with E-state index in [4.69, 9.17) is 4.74 Å². The van der Waals surface area contributed by atoms with Crippen LogP contribution in [0.25, 0.3) is 0 Å². The Morgan fingerprint density at radius 3 is 2.67 bits per heavy atom. The lowest BCUT2D eigenvalue weighted by Gasteiger charge is -2.04. The zero-order valence-electron chi connectivity index (χ0n) is 8.76. The zero-order valence-corrected chi connectivity index (χ0v) is 8.76. The van der Waals surface area contributed by atoms with Gasteiger partial charge in [0.2, 0.25) is 0 Å². The number of rotatable bonds is 4. The van der Waals surface area contributed by atoms with E-state index >= 15 is 0 Å². The largest absolute Gasteiger partial charge is 0.497 e. The minimum Gasteiger partial charge on any atom is -0.497 e. The topological polar surface area (TPSA) is 27.1 Å². The molecule has 1 aromatic carbocycles. The van der Waals surface area contributed by atoms with Gasteiger partial charge in [-0.25, -0.2) is 4.98 Å². The maximum Gasteiger partial charge on any atom is 0.118 e. The minimum atomic E-state index is 0.904. The van der Waals surface area contributed by atoms with Gasteiger partial charge in [0, 0.05) is 18.9 Å². The number of aryl methyl sites for hydroxylation is 2. The van der Waals surface area contributed by atoms with E-state index in [0.717, 1.165) is 18.7 Å². The molecule has 0 N–H and O–H groups in total. The van der Waals surface area contributed by atoms with Crippen molar-refractivity contribution in [3.8, 4) is 5.75 Å². The second-order valence-electron chi connectivity index (χ2n) is 3.40. The van der Waals surface area contributed by atoms with Gasteiger partial charge in [-0.1, -0.05) is 12.1 Å². The summed E-state index contributed by atoms with van der Waals surface area (Å²) in [5, 5.41) is 0. The normalized spacial score (nSPS) is 10.2. The molecule has 0 amide bonds. The second-order valence-corrected chi connectivity index (χ2v) is 3.40. The summed E-state index contributed by atoms with van der Waals surface area (Å²) in [5.41, 5.74) is 1.31. The van der Waals surface area contributed by atoms with E-state index in [1.54, 1.807) is 13.3 Å². The van der Waals surface area contributed by atoms with E-state index in [9.17, 15) is 0 Å². The van der Waals surface area contributed by atoms with Crippen LogP contribution in [0.3, 0.4) is 0 Å². The van der Waals surface area contributed by atoms with Gasteiger partial charge in [0.15, 0.2) is 0 Å². The van der Waals surface area contributed by atoms with Crippen molar-refractivity contribution in [3.63, 3.8) is 0 Å². The quantitative estimate of drug-likeness (QED) is 0.759. The molecule has 0 aliphatic carbocycles. The molecule has 0 saturated carbocycles. The number of hydrogen-bond acceptors (Lipinski definition) is 2. The molecule has 0 atom stereocenters. The predicted molar refractivity (Wildman–Crippen MR) is 58.9 cm³/mol. The summed E-state index contributed by atoms with van der Waals surface area (Å²) in [6.07, 6.45) is 6.63. The lowest BCUT2D eigenvalue weighted by molar-refractivity contribution is 0.414. The van der Waals surface area contributed by atoms with Gasteiger partial charge in [-0.05, 0) is 24.1 Å². The first-order chi connectivity index (χ1) is 7.38. The molecule has 0 spiro atoms. The van der Waals surface area contributed by atoms with Gasteiger partial charge in [-0.15, -0.1) is 0 Å². The molecule has 3 nitrogen and oxygen atoms in total. The van der Waals surface area contributed by atoms with Crippen LogP contribution >= 0.6 is 0 Å². The summed E-state index contributed by atoms with van der Waals surface area (Å²) in [4.78, 5) is 4.00. The van der Waals surface area contributed by atoms with Crippen LogP contribution in [0, 0.1) is 0 Å². The van der Waals surface area contributed by atoms with Gasteiger partial charge in [-0.2, -0.15) is 0 Å². The van der Waals surface area contributed by atoms with E-state index in [0.29, 0.717) is 0 Å². The Bertz CT molecular complexity index is 392. The van der Waals surface area contributed by atoms with Crippen molar-refractivity contribution < 1.29 is 4.74 Å². The molecule has 2 aromatic rings. The zero-order chi connectivity index (χ0) is 10.5. The van der Waals surface area contributed by atoms with E-state index < -0.39 is 0 Å². The standard InChI is InChI=1S/C12H14N2O/c1-15-12-4-2-11(3-5-12)6-8-14-9-7-13-10-14/h2-5,7,9-10H,6,8H2,1H3. The van der Waals surface area contributed by atoms with Gasteiger partial charge in [0.05, 0.1) is 13.4 Å². The average molecular weight is 202 g/mol. The number of aromatic nitrogens is 2. The average Bonchev–Trinajstić information content (AvgIpc) is 2.80. The van der Waals surface area contributed by atoms with E-state index in [1.807, 2.05) is 24.7 Å². The highest BCUT2D eigenvalue weighted by Crippen LogP contribution is 2.11. The third kappa shape index (κ3) is 2.59. The molecule has 1 heterocycles. The number of hydrogen-bond donors (Lipinski definition) is 0. The van der Waals surface area contributed by atoms with Crippen molar-refractivity contribution in [2.75, 3.05) is 7.11 Å². The van der Waals surface area contributed by atoms with Crippen LogP contribution < -0.4 is 4.74 Å². The van der Waals surface area contributed by atoms with Gasteiger partial charge in [0.1, 0.15) is 5.75 Å². The van der Waals surface area contributed by atoms with E-state index in [1.165, 1.54) is 5.56 Å². The van der Waals surface area contributed by atoms with Gasteiger partial charge < -0.3 is 9.30 Å². The van der Waals surface area contributed by atoms with Crippen LogP contribution in [0.4, 0.5) is 0 Å². The number of imidazole rings is 1. The molecule has 0 fully saturated rings. The molecule has 3 heteroatoms. The Morgan fingerprint density at radius 1 is 1.27 bits per heavy atom. The molecule has 0 aliphatic rings. The summed E-state index contributed by atoms with van der Waals surface area (Å²) in [7, 11) is 1.68. The Hall–Kier alpha value is -1.77. The third-order valence-electron chi connectivity index (χ3n) is 2.38. The number of nitrogens with zero attached hydrogens (tertiary/aromatic N) is 2. The van der Waals surface area contributed by atoms with Gasteiger partial charge >= 0.3 is 0 Å². The van der Waals surface area contributed by atoms with Gasteiger partial charge in [0.25, 0.3) is 0 Å². The molecule has 0 unspecified atom stereocenters. The monoisotopic (exact) mass is 202 g/mol. The van der Waals surface area contributed by atoms with Gasteiger partial charge in [-0.3, -0.25) is 0 Å². The van der Waals surface area contributed by atoms with E-state index in [-0.39, 0.29) is 0 Å². The molecule has 78 valence electrons. The summed E-state index contributed by atoms with van der Waals surface area (Å²) in [6, 6.07) is 8.16. The van der Waals surface area contributed by atoms with Crippen LogP contribution in [0.1, 0.15) is 5.56 Å². The SMILES string of the molecule is COc1ccc(CCn2ccnc2)cc1. The Kier molecular flexibility index (Phi) is 3.02. The molecule has 0 aliphatic heterocycles. The Morgan fingerprint density at radius 2 is 2.07 bits per heavy atom. The number of methoxy groups -OCH3 is 1. The van der Waals surface area contributed by atoms with Crippen LogP contribution in [0.2, 0.25) is 0 Å². The lowest BCUT2D eigenvalue weighted by Crippen LogP contribution is -1.98. The van der Waals surface area contributed by atoms with Crippen LogP contribution in [-0.2, 0) is 13.0 Å². The Labute approximate surface area is 89.3 Å². The lowest BCUT2D eigenvalue weighted by atomic mass is 10.1. The smallest absolute Gasteiger partial charge is 0.118 e. The summed E-state index contributed by atoms with van der Waals surface area (Å²) >= 11 is 0. The number of ether oxygens (including phenoxy) is 1. The summed E-state index contributed by atoms with van der Waals surface area (Å²) in [5.74, 6) is 0.904. The summed E-state index contributed by atoms with van der Waals surface area (Å²) in [6.45, 7) is 0.965. The second kappa shape index (κ2) is 4.64. The maximum absolute atomic E-state index is 5.10. The van der Waals surface area contributed by atoms with Crippen LogP contribution in [0.15, 0.2) is 43.0 Å². The fourth-order valence-electron chi connectivity index (χ4n) is 1.47. The maximum atomic E-state index is 5.10. The van der Waals surface area contributed by atoms with Crippen molar-refractivity contribution in [3.05, 3.63) is 48.5 Å². The molecular formula is C12H14N2O. The van der Waals surface area contributed by atoms with Crippen LogP contribution in [0.5, 0.6) is 5.75 Å². The summed E-state index contributed by atoms with van der Waals surface area (Å²) < 4.78 is 7.18. The van der Waals surface area contributed by atoms with Crippen molar-refractivity contribution in [2.45, 2.75) is 13.0 Å². The molecular weight excluding hydrogens is 188 g/mol. The highest BCUT2D eigenvalue weighted by molar-refractivity contribution is 5.27.